The molecule has 0 unspecified atom stereocenters. The number of carbonyl (C=O) groups is 2. The fourth-order valence-electron chi connectivity index (χ4n) is 7.78. The van der Waals surface area contributed by atoms with Gasteiger partial charge in [0.2, 0.25) is 11.8 Å². The van der Waals surface area contributed by atoms with Crippen molar-refractivity contribution in [2.24, 2.45) is 17.8 Å². The van der Waals surface area contributed by atoms with E-state index in [1.54, 1.807) is 39.6 Å². The monoisotopic (exact) mass is 673 g/mol. The van der Waals surface area contributed by atoms with Crippen molar-refractivity contribution in [1.29, 1.82) is 0 Å². The third kappa shape index (κ3) is 9.64. The molecule has 0 radical (unpaired) electrons. The molecular weight excluding hydrogens is 610 g/mol. The van der Waals surface area contributed by atoms with Gasteiger partial charge in [0.25, 0.3) is 0 Å². The van der Waals surface area contributed by atoms with E-state index in [4.69, 9.17) is 23.7 Å². The minimum absolute atomic E-state index is 0.142. The molecule has 14 atom stereocenters. The number of nitrogens with zero attached hydrogens (tertiary/aromatic N) is 2. The Labute approximate surface area is 281 Å². The van der Waals surface area contributed by atoms with E-state index in [2.05, 4.69) is 17.1 Å². The lowest BCUT2D eigenvalue weighted by Crippen LogP contribution is -2.61. The smallest absolute Gasteiger partial charge is 0.241 e. The first-order valence-corrected chi connectivity index (χ1v) is 17.3. The number of ether oxygens (including phenoxy) is 5. The van der Waals surface area contributed by atoms with Crippen LogP contribution in [0, 0.1) is 17.8 Å². The number of nitrogens with one attached hydrogen (secondary N) is 1. The lowest BCUT2D eigenvalue weighted by molar-refractivity contribution is -0.317. The molecule has 3 rings (SSSR count). The van der Waals surface area contributed by atoms with Crippen molar-refractivity contribution in [2.45, 2.75) is 148 Å². The quantitative estimate of drug-likeness (QED) is 0.296. The maximum atomic E-state index is 13.6. The molecule has 3 aliphatic heterocycles. The number of likely N-dealkylation sites (N-methyl/N-ethyl adjacent to an activating group) is 2. The average molecular weight is 674 g/mol. The highest BCUT2D eigenvalue weighted by atomic mass is 16.7. The molecule has 0 spiro atoms. The molecule has 3 saturated heterocycles. The van der Waals surface area contributed by atoms with E-state index in [1.165, 1.54) is 7.11 Å². The van der Waals surface area contributed by atoms with E-state index >= 15 is 0 Å². The zero-order valence-electron chi connectivity index (χ0n) is 30.5. The molecule has 0 bridgehead atoms. The summed E-state index contributed by atoms with van der Waals surface area (Å²) in [7, 11) is 5.17. The van der Waals surface area contributed by atoms with Crippen LogP contribution in [0.2, 0.25) is 0 Å². The highest BCUT2D eigenvalue weighted by molar-refractivity contribution is 5.85. The van der Waals surface area contributed by atoms with Crippen molar-refractivity contribution in [2.75, 3.05) is 40.8 Å². The molecular formula is C34H63N3O10. The number of amides is 2. The predicted molar refractivity (Wildman–Crippen MR) is 175 cm³/mol. The van der Waals surface area contributed by atoms with E-state index in [0.29, 0.717) is 13.0 Å². The van der Waals surface area contributed by atoms with Crippen LogP contribution in [0.4, 0.5) is 0 Å². The summed E-state index contributed by atoms with van der Waals surface area (Å²) in [6.07, 6.45) is -4.55. The van der Waals surface area contributed by atoms with Crippen LogP contribution in [0.1, 0.15) is 81.1 Å². The average Bonchev–Trinajstić information content (AvgIpc) is 2.99. The van der Waals surface area contributed by atoms with E-state index in [-0.39, 0.29) is 43.4 Å². The van der Waals surface area contributed by atoms with Gasteiger partial charge in [0.05, 0.1) is 48.1 Å². The number of aliphatic hydroxyl groups excluding tert-OH is 2. The minimum Gasteiger partial charge on any atom is -0.387 e. The molecule has 3 heterocycles. The Kier molecular flexibility index (Phi) is 14.1. The predicted octanol–water partition coefficient (Wildman–Crippen LogP) is 1.50. The molecule has 47 heavy (non-hydrogen) atoms. The largest absolute Gasteiger partial charge is 0.387 e. The molecule has 0 aromatic heterocycles. The van der Waals surface area contributed by atoms with Crippen molar-refractivity contribution in [3.63, 3.8) is 0 Å². The summed E-state index contributed by atoms with van der Waals surface area (Å²) < 4.78 is 31.3. The number of hydrogen-bond acceptors (Lipinski definition) is 11. The maximum absolute atomic E-state index is 13.6. The Morgan fingerprint density at radius 2 is 1.72 bits per heavy atom. The second-order valence-electron chi connectivity index (χ2n) is 15.0. The van der Waals surface area contributed by atoms with Gasteiger partial charge in [0.1, 0.15) is 12.2 Å². The van der Waals surface area contributed by atoms with Crippen LogP contribution in [0.3, 0.4) is 0 Å². The number of carbonyl (C=O) groups excluding carboxylic acids is 2. The van der Waals surface area contributed by atoms with Crippen molar-refractivity contribution in [3.8, 4) is 0 Å². The van der Waals surface area contributed by atoms with Crippen LogP contribution in [-0.4, -0.2) is 144 Å². The summed E-state index contributed by atoms with van der Waals surface area (Å²) in [5.74, 6) is -2.26. The Morgan fingerprint density at radius 3 is 2.34 bits per heavy atom. The molecule has 4 N–H and O–H groups in total. The second kappa shape index (κ2) is 16.5. The van der Waals surface area contributed by atoms with Gasteiger partial charge in [-0.15, -0.1) is 0 Å². The molecule has 13 nitrogen and oxygen atoms in total. The normalized spacial score (nSPS) is 44.8. The Bertz CT molecular complexity index is 1030. The summed E-state index contributed by atoms with van der Waals surface area (Å²) in [6.45, 7) is 15.7. The van der Waals surface area contributed by atoms with Crippen molar-refractivity contribution in [1.82, 2.24) is 15.1 Å². The molecule has 0 saturated carbocycles. The third-order valence-corrected chi connectivity index (χ3v) is 10.5. The van der Waals surface area contributed by atoms with Gasteiger partial charge in [-0.3, -0.25) is 9.59 Å². The number of methoxy groups -OCH3 is 1. The molecule has 274 valence electrons. The first-order valence-electron chi connectivity index (χ1n) is 17.3. The Morgan fingerprint density at radius 1 is 1.06 bits per heavy atom. The summed E-state index contributed by atoms with van der Waals surface area (Å²) in [6, 6.07) is -0.218. The van der Waals surface area contributed by atoms with Gasteiger partial charge in [0.15, 0.2) is 12.6 Å². The van der Waals surface area contributed by atoms with Crippen LogP contribution in [0.25, 0.3) is 0 Å². The highest BCUT2D eigenvalue weighted by Gasteiger charge is 2.51. The molecule has 3 aliphatic rings. The Balaban J connectivity index is 2.06. The summed E-state index contributed by atoms with van der Waals surface area (Å²) in [4.78, 5) is 30.2. The number of rotatable bonds is 8. The van der Waals surface area contributed by atoms with Gasteiger partial charge < -0.3 is 54.1 Å². The highest BCUT2D eigenvalue weighted by Crippen LogP contribution is 2.39. The van der Waals surface area contributed by atoms with Crippen LogP contribution in [-0.2, 0) is 33.3 Å². The molecule has 0 aromatic carbocycles. The molecule has 2 amide bonds. The minimum atomic E-state index is -1.50. The van der Waals surface area contributed by atoms with Gasteiger partial charge in [-0.2, -0.15) is 0 Å². The van der Waals surface area contributed by atoms with Crippen LogP contribution >= 0.6 is 0 Å². The lowest BCUT2D eigenvalue weighted by atomic mass is 9.77. The second-order valence-corrected chi connectivity index (χ2v) is 15.0. The van der Waals surface area contributed by atoms with Gasteiger partial charge in [-0.25, -0.2) is 0 Å². The van der Waals surface area contributed by atoms with E-state index < -0.39 is 72.0 Å². The Hall–Kier alpha value is -1.42. The van der Waals surface area contributed by atoms with Crippen molar-refractivity contribution >= 4 is 11.8 Å². The fraction of sp³-hybridized carbons (Fsp3) is 0.941. The summed E-state index contributed by atoms with van der Waals surface area (Å²) in [5, 5.41) is 37.4. The van der Waals surface area contributed by atoms with Crippen molar-refractivity contribution < 1.29 is 48.6 Å². The van der Waals surface area contributed by atoms with Gasteiger partial charge in [0, 0.05) is 39.1 Å². The fourth-order valence-corrected chi connectivity index (χ4v) is 7.78. The summed E-state index contributed by atoms with van der Waals surface area (Å²) in [5.41, 5.74) is -2.47. The molecule has 3 fully saturated rings. The molecule has 13 heteroatoms. The first-order chi connectivity index (χ1) is 21.8. The van der Waals surface area contributed by atoms with Gasteiger partial charge in [-0.05, 0) is 66.5 Å². The maximum Gasteiger partial charge on any atom is 0.241 e. The lowest BCUT2D eigenvalue weighted by Gasteiger charge is -2.49. The van der Waals surface area contributed by atoms with E-state index in [0.717, 1.165) is 13.0 Å². The van der Waals surface area contributed by atoms with Gasteiger partial charge in [-0.1, -0.05) is 27.7 Å². The van der Waals surface area contributed by atoms with E-state index in [1.807, 2.05) is 27.8 Å². The van der Waals surface area contributed by atoms with Gasteiger partial charge >= 0.3 is 0 Å². The summed E-state index contributed by atoms with van der Waals surface area (Å²) >= 11 is 0. The SMILES string of the molecule is CCCN(C)[C@H]1C[C@@H](C)O[C@@H](O[C@@H]2[C@@H](C)[C@H](O[C@H]3C[C@@](C)(OC)[C@@H](O)[C@H](C)O3)[C@@H](C)C(=O)NCC(=O)N(C)C[C@H](C)C[C@@]2(C)O)[C@@H]1O. The standard InChI is InChI=1S/C34H63N3O10/c1-12-13-36(9)24-14-20(3)44-32(27(24)39)47-30-21(4)28(46-26-16-34(8,43-11)29(40)23(6)45-26)22(5)31(41)35-17-25(38)37(10)18-19(2)15-33(30,7)42/h19-24,26-30,32,39-40,42H,12-18H2,1-11H3,(H,35,41)/t19-,20-,21+,22-,23+,24+,26+,27-,28+,29+,30-,32+,33-,34-/m1/s1. The number of aliphatic hydroxyl groups is 3. The number of hydrogen-bond donors (Lipinski definition) is 4. The van der Waals surface area contributed by atoms with E-state index in [9.17, 15) is 24.9 Å². The molecule has 0 aromatic rings. The zero-order chi connectivity index (χ0) is 35.4. The van der Waals surface area contributed by atoms with Crippen LogP contribution < -0.4 is 5.32 Å². The van der Waals surface area contributed by atoms with Crippen molar-refractivity contribution in [3.05, 3.63) is 0 Å². The van der Waals surface area contributed by atoms with Crippen LogP contribution in [0.5, 0.6) is 0 Å². The molecule has 0 aliphatic carbocycles. The zero-order valence-corrected chi connectivity index (χ0v) is 30.5. The van der Waals surface area contributed by atoms with Crippen LogP contribution in [0.15, 0.2) is 0 Å². The first kappa shape index (κ1) is 40.0. The third-order valence-electron chi connectivity index (χ3n) is 10.5. The topological polar surface area (TPSA) is 159 Å².